The van der Waals surface area contributed by atoms with E-state index in [0.717, 1.165) is 66.0 Å². The van der Waals surface area contributed by atoms with Crippen LogP contribution in [0.1, 0.15) is 64.8 Å². The third-order valence-electron chi connectivity index (χ3n) is 8.94. The van der Waals surface area contributed by atoms with Crippen LogP contribution in [0, 0.1) is 20.8 Å². The summed E-state index contributed by atoms with van der Waals surface area (Å²) in [6.07, 6.45) is 4.21. The second kappa shape index (κ2) is 13.7. The monoisotopic (exact) mass is 654 g/mol. The van der Waals surface area contributed by atoms with Crippen LogP contribution in [0.5, 0.6) is 0 Å². The largest absolute Gasteiger partial charge is 0.351 e. The first-order chi connectivity index (χ1) is 22.6. The number of likely N-dealkylation sites (tertiary alicyclic amines) is 1. The molecule has 0 bridgehead atoms. The molecular formula is C36H42N6O4S. The number of sulfonamides is 1. The molecule has 0 aliphatic carbocycles. The number of nitrogens with one attached hydrogen (secondary N) is 2. The van der Waals surface area contributed by atoms with E-state index >= 15 is 0 Å². The highest BCUT2D eigenvalue weighted by molar-refractivity contribution is 7.92. The van der Waals surface area contributed by atoms with Gasteiger partial charge in [0.2, 0.25) is 5.88 Å². The van der Waals surface area contributed by atoms with Gasteiger partial charge in [0.25, 0.3) is 15.9 Å². The molecule has 5 aromatic rings. The molecule has 11 heteroatoms. The van der Waals surface area contributed by atoms with Crippen molar-refractivity contribution in [3.8, 4) is 11.1 Å². The van der Waals surface area contributed by atoms with Gasteiger partial charge in [0.05, 0.1) is 21.6 Å². The van der Waals surface area contributed by atoms with Gasteiger partial charge in [-0.15, -0.1) is 0 Å². The van der Waals surface area contributed by atoms with Crippen LogP contribution in [0.15, 0.2) is 70.1 Å². The quantitative estimate of drug-likeness (QED) is 0.163. The van der Waals surface area contributed by atoms with Crippen LogP contribution < -0.4 is 10.0 Å². The number of fused-ring (bicyclic) bond motifs is 1. The van der Waals surface area contributed by atoms with E-state index in [1.165, 1.54) is 12.8 Å². The van der Waals surface area contributed by atoms with Gasteiger partial charge in [0.15, 0.2) is 0 Å². The third-order valence-corrected chi connectivity index (χ3v) is 10.3. The van der Waals surface area contributed by atoms with Crippen LogP contribution in [-0.2, 0) is 23.0 Å². The molecule has 1 amide bonds. The Morgan fingerprint density at radius 3 is 2.45 bits per heavy atom. The van der Waals surface area contributed by atoms with Crippen molar-refractivity contribution in [2.24, 2.45) is 0 Å². The summed E-state index contributed by atoms with van der Waals surface area (Å²) in [5.41, 5.74) is 7.11. The zero-order chi connectivity index (χ0) is 33.1. The molecule has 246 valence electrons. The van der Waals surface area contributed by atoms with Gasteiger partial charge in [-0.3, -0.25) is 4.79 Å². The molecule has 0 unspecified atom stereocenters. The van der Waals surface area contributed by atoms with E-state index in [9.17, 15) is 13.2 Å². The molecule has 6 rings (SSSR count). The predicted molar refractivity (Wildman–Crippen MR) is 184 cm³/mol. The van der Waals surface area contributed by atoms with Crippen LogP contribution in [0.4, 0.5) is 5.88 Å². The highest BCUT2D eigenvalue weighted by atomic mass is 32.2. The summed E-state index contributed by atoms with van der Waals surface area (Å²) in [4.78, 5) is 20.7. The number of carbonyl (C=O) groups is 1. The van der Waals surface area contributed by atoms with Gasteiger partial charge >= 0.3 is 0 Å². The molecule has 1 fully saturated rings. The number of aromatic nitrogens is 3. The molecule has 2 aromatic heterocycles. The Labute approximate surface area is 276 Å². The molecule has 10 nitrogen and oxygen atoms in total. The first kappa shape index (κ1) is 32.5. The predicted octanol–water partition coefficient (Wildman–Crippen LogP) is 6.24. The minimum absolute atomic E-state index is 0.0694. The Kier molecular flexibility index (Phi) is 9.47. The Morgan fingerprint density at radius 1 is 1.00 bits per heavy atom. The maximum atomic E-state index is 13.4. The summed E-state index contributed by atoms with van der Waals surface area (Å²) in [6.45, 7) is 11.9. The van der Waals surface area contributed by atoms with Crippen LogP contribution in [0.2, 0.25) is 0 Å². The summed E-state index contributed by atoms with van der Waals surface area (Å²) in [6, 6.07) is 18.7. The van der Waals surface area contributed by atoms with Crippen LogP contribution in [0.25, 0.3) is 22.2 Å². The van der Waals surface area contributed by atoms with Gasteiger partial charge in [0, 0.05) is 42.7 Å². The molecule has 47 heavy (non-hydrogen) atoms. The number of hydrogen-bond acceptors (Lipinski definition) is 7. The van der Waals surface area contributed by atoms with Gasteiger partial charge in [0.1, 0.15) is 5.82 Å². The molecule has 3 aromatic carbocycles. The summed E-state index contributed by atoms with van der Waals surface area (Å²) in [5, 5.41) is 6.97. The first-order valence-electron chi connectivity index (χ1n) is 16.3. The summed E-state index contributed by atoms with van der Waals surface area (Å²) < 4.78 is 36.8. The standard InChI is InChI=1S/C36H42N6O4S/c1-5-10-33-38-34-24(2)21-29(35(43)37-17-20-41-18-8-9-19-41)22-31(34)42(33)23-27-13-15-28(16-14-27)30-11-6-7-12-32(30)47(44,45)40-36-25(3)26(4)39-46-36/h6-7,11-16,21-22,40H,5,8-10,17-20,23H2,1-4H3,(H,37,43). The van der Waals surface area contributed by atoms with E-state index in [2.05, 4.69) is 31.6 Å². The van der Waals surface area contributed by atoms with E-state index < -0.39 is 10.0 Å². The molecule has 3 heterocycles. The Balaban J connectivity index is 1.25. The number of anilines is 1. The highest BCUT2D eigenvalue weighted by Gasteiger charge is 2.23. The van der Waals surface area contributed by atoms with E-state index in [-0.39, 0.29) is 16.7 Å². The second-order valence-electron chi connectivity index (χ2n) is 12.4. The molecule has 2 N–H and O–H groups in total. The lowest BCUT2D eigenvalue weighted by Gasteiger charge is -2.15. The number of imidazole rings is 1. The number of benzene rings is 3. The fourth-order valence-electron chi connectivity index (χ4n) is 6.20. The topological polar surface area (TPSA) is 122 Å². The van der Waals surface area contributed by atoms with Crippen LogP contribution in [-0.4, -0.2) is 60.1 Å². The number of nitrogens with zero attached hydrogens (tertiary/aromatic N) is 4. The van der Waals surface area contributed by atoms with Crippen molar-refractivity contribution in [2.45, 2.75) is 64.8 Å². The van der Waals surface area contributed by atoms with Crippen molar-refractivity contribution < 1.29 is 17.7 Å². The minimum Gasteiger partial charge on any atom is -0.351 e. The number of aryl methyl sites for hydroxylation is 3. The van der Waals surface area contributed by atoms with Gasteiger partial charge in [-0.1, -0.05) is 54.5 Å². The smallest absolute Gasteiger partial charge is 0.264 e. The Hall–Kier alpha value is -4.48. The average molecular weight is 655 g/mol. The molecule has 0 radical (unpaired) electrons. The van der Waals surface area contributed by atoms with Crippen molar-refractivity contribution in [1.82, 2.24) is 24.9 Å². The molecule has 0 spiro atoms. The van der Waals surface area contributed by atoms with Gasteiger partial charge < -0.3 is 19.3 Å². The molecular weight excluding hydrogens is 613 g/mol. The molecule has 1 saturated heterocycles. The van der Waals surface area contributed by atoms with Crippen LogP contribution >= 0.6 is 0 Å². The molecule has 1 aliphatic heterocycles. The lowest BCUT2D eigenvalue weighted by Crippen LogP contribution is -2.33. The fourth-order valence-corrected chi connectivity index (χ4v) is 7.48. The summed E-state index contributed by atoms with van der Waals surface area (Å²) in [7, 11) is -3.95. The molecule has 0 atom stereocenters. The van der Waals surface area contributed by atoms with Gasteiger partial charge in [-0.05, 0) is 88.0 Å². The van der Waals surface area contributed by atoms with Crippen molar-refractivity contribution in [1.29, 1.82) is 0 Å². The van der Waals surface area contributed by atoms with Gasteiger partial charge in [-0.2, -0.15) is 0 Å². The first-order valence-corrected chi connectivity index (χ1v) is 17.8. The fraction of sp³-hybridized carbons (Fsp3) is 0.361. The number of hydrogen-bond donors (Lipinski definition) is 2. The Morgan fingerprint density at radius 2 is 1.74 bits per heavy atom. The van der Waals surface area contributed by atoms with E-state index in [0.29, 0.717) is 35.5 Å². The normalized spacial score (nSPS) is 13.8. The molecule has 0 saturated carbocycles. The van der Waals surface area contributed by atoms with Gasteiger partial charge in [-0.25, -0.2) is 18.1 Å². The number of amides is 1. The summed E-state index contributed by atoms with van der Waals surface area (Å²) in [5.74, 6) is 1.02. The maximum Gasteiger partial charge on any atom is 0.264 e. The SMILES string of the molecule is CCCc1nc2c(C)cc(C(=O)NCCN3CCCC3)cc2n1Cc1ccc(-c2ccccc2S(=O)(=O)Nc2onc(C)c2C)cc1. The second-order valence-corrected chi connectivity index (χ2v) is 14.0. The van der Waals surface area contributed by atoms with E-state index in [4.69, 9.17) is 9.51 Å². The Bertz CT molecular complexity index is 2010. The van der Waals surface area contributed by atoms with Crippen molar-refractivity contribution in [3.05, 3.63) is 94.4 Å². The zero-order valence-electron chi connectivity index (χ0n) is 27.5. The average Bonchev–Trinajstić information content (AvgIpc) is 3.79. The third kappa shape index (κ3) is 6.96. The van der Waals surface area contributed by atoms with Crippen molar-refractivity contribution >= 4 is 32.8 Å². The minimum atomic E-state index is -3.95. The maximum absolute atomic E-state index is 13.4. The van der Waals surface area contributed by atoms with E-state index in [1.54, 1.807) is 32.0 Å². The molecule has 1 aliphatic rings. The van der Waals surface area contributed by atoms with E-state index in [1.807, 2.05) is 49.4 Å². The number of carbonyl (C=O) groups excluding carboxylic acids is 1. The van der Waals surface area contributed by atoms with Crippen molar-refractivity contribution in [3.63, 3.8) is 0 Å². The lowest BCUT2D eigenvalue weighted by atomic mass is 10.0. The van der Waals surface area contributed by atoms with Crippen molar-refractivity contribution in [2.75, 3.05) is 30.9 Å². The van der Waals surface area contributed by atoms with Crippen LogP contribution in [0.3, 0.4) is 0 Å². The lowest BCUT2D eigenvalue weighted by molar-refractivity contribution is 0.0949. The highest BCUT2D eigenvalue weighted by Crippen LogP contribution is 2.31. The summed E-state index contributed by atoms with van der Waals surface area (Å²) >= 11 is 0. The zero-order valence-corrected chi connectivity index (χ0v) is 28.3. The number of rotatable bonds is 12.